The molecule has 0 fully saturated rings. The zero-order valence-electron chi connectivity index (χ0n) is 7.33. The van der Waals surface area contributed by atoms with E-state index >= 15 is 0 Å². The third kappa shape index (κ3) is 2.54. The fourth-order valence-electron chi connectivity index (χ4n) is 1.06. The molecule has 0 aliphatic carbocycles. The van der Waals surface area contributed by atoms with Gasteiger partial charge in [-0.05, 0) is 17.7 Å². The van der Waals surface area contributed by atoms with E-state index in [1.165, 1.54) is 0 Å². The highest BCUT2D eigenvalue weighted by Crippen LogP contribution is 2.18. The summed E-state index contributed by atoms with van der Waals surface area (Å²) in [7, 11) is 0. The van der Waals surface area contributed by atoms with Gasteiger partial charge in [0, 0.05) is 11.4 Å². The van der Waals surface area contributed by atoms with Crippen LogP contribution < -0.4 is 0 Å². The minimum Gasteiger partial charge on any atom is -0.381 e. The van der Waals surface area contributed by atoms with E-state index in [9.17, 15) is 9.90 Å². The number of aliphatic hydroxyl groups excluding tert-OH is 1. The zero-order valence-corrected chi connectivity index (χ0v) is 8.08. The second-order valence-electron chi connectivity index (χ2n) is 2.78. The second-order valence-corrected chi connectivity index (χ2v) is 3.21. The van der Waals surface area contributed by atoms with Crippen molar-refractivity contribution in [1.82, 2.24) is 0 Å². The fraction of sp³-hybridized carbons (Fsp3) is 0.300. The highest BCUT2D eigenvalue weighted by Gasteiger charge is 2.14. The number of carbonyl (C=O) groups excluding carboxylic acids is 1. The Labute approximate surface area is 82.2 Å². The molecule has 1 atom stereocenters. The first-order valence-electron chi connectivity index (χ1n) is 4.11. The van der Waals surface area contributed by atoms with Crippen molar-refractivity contribution in [3.05, 3.63) is 34.9 Å². The predicted molar refractivity (Wildman–Crippen MR) is 51.7 cm³/mol. The van der Waals surface area contributed by atoms with Crippen molar-refractivity contribution >= 4 is 17.4 Å². The lowest BCUT2D eigenvalue weighted by molar-refractivity contribution is -0.127. The average Bonchev–Trinajstić information content (AvgIpc) is 2.15. The van der Waals surface area contributed by atoms with Gasteiger partial charge >= 0.3 is 0 Å². The van der Waals surface area contributed by atoms with E-state index in [0.717, 1.165) is 0 Å². The molecule has 2 nitrogen and oxygen atoms in total. The Kier molecular flexibility index (Phi) is 3.46. The first kappa shape index (κ1) is 10.2. The van der Waals surface area contributed by atoms with Gasteiger partial charge in [0.2, 0.25) is 0 Å². The molecule has 0 bridgehead atoms. The molecule has 13 heavy (non-hydrogen) atoms. The number of benzene rings is 1. The Morgan fingerprint density at radius 1 is 1.62 bits per heavy atom. The molecule has 0 heterocycles. The highest BCUT2D eigenvalue weighted by atomic mass is 35.5. The average molecular weight is 199 g/mol. The summed E-state index contributed by atoms with van der Waals surface area (Å²) in [5.74, 6) is -0.192. The van der Waals surface area contributed by atoms with E-state index in [0.29, 0.717) is 17.0 Å². The second kappa shape index (κ2) is 4.40. The smallest absolute Gasteiger partial charge is 0.165 e. The van der Waals surface area contributed by atoms with Crippen LogP contribution in [0.15, 0.2) is 24.3 Å². The largest absolute Gasteiger partial charge is 0.381 e. The lowest BCUT2D eigenvalue weighted by Gasteiger charge is -2.08. The van der Waals surface area contributed by atoms with Crippen LogP contribution in [0.5, 0.6) is 0 Å². The Morgan fingerprint density at radius 3 is 2.85 bits per heavy atom. The Hall–Kier alpha value is -0.860. The number of hydrogen-bond acceptors (Lipinski definition) is 2. The molecule has 0 radical (unpaired) electrons. The van der Waals surface area contributed by atoms with Gasteiger partial charge in [-0.25, -0.2) is 0 Å². The van der Waals surface area contributed by atoms with Gasteiger partial charge in [0.1, 0.15) is 6.10 Å². The van der Waals surface area contributed by atoms with Crippen molar-refractivity contribution in [2.24, 2.45) is 0 Å². The van der Waals surface area contributed by atoms with E-state index < -0.39 is 6.10 Å². The first-order valence-corrected chi connectivity index (χ1v) is 4.49. The van der Waals surface area contributed by atoms with Crippen molar-refractivity contribution in [2.45, 2.75) is 19.4 Å². The van der Waals surface area contributed by atoms with Crippen LogP contribution in [0, 0.1) is 0 Å². The van der Waals surface area contributed by atoms with Gasteiger partial charge < -0.3 is 5.11 Å². The van der Waals surface area contributed by atoms with Crippen LogP contribution in [0.3, 0.4) is 0 Å². The van der Waals surface area contributed by atoms with E-state index in [-0.39, 0.29) is 5.78 Å². The number of rotatable bonds is 3. The van der Waals surface area contributed by atoms with Crippen LogP contribution in [-0.2, 0) is 4.79 Å². The number of hydrogen-bond donors (Lipinski definition) is 1. The number of carbonyl (C=O) groups is 1. The minimum absolute atomic E-state index is 0.192. The fourth-order valence-corrected chi connectivity index (χ4v) is 1.25. The van der Waals surface area contributed by atoms with Gasteiger partial charge in [0.05, 0.1) is 0 Å². The Bertz CT molecular complexity index is 310. The van der Waals surface area contributed by atoms with E-state index in [2.05, 4.69) is 0 Å². The molecule has 1 N–H and O–H groups in total. The normalized spacial score (nSPS) is 12.5. The van der Waals surface area contributed by atoms with Crippen LogP contribution in [0.4, 0.5) is 0 Å². The van der Waals surface area contributed by atoms with Crippen molar-refractivity contribution in [1.29, 1.82) is 0 Å². The quantitative estimate of drug-likeness (QED) is 0.810. The van der Waals surface area contributed by atoms with Gasteiger partial charge in [-0.1, -0.05) is 30.7 Å². The van der Waals surface area contributed by atoms with Crippen molar-refractivity contribution in [3.63, 3.8) is 0 Å². The summed E-state index contributed by atoms with van der Waals surface area (Å²) in [5, 5.41) is 10.0. The molecular formula is C10H11ClO2. The maximum Gasteiger partial charge on any atom is 0.165 e. The van der Waals surface area contributed by atoms with Gasteiger partial charge in [0.25, 0.3) is 0 Å². The molecule has 0 saturated carbocycles. The summed E-state index contributed by atoms with van der Waals surface area (Å²) in [5.41, 5.74) is 0.555. The first-order chi connectivity index (χ1) is 6.15. The molecule has 1 aromatic rings. The molecule has 0 aromatic heterocycles. The number of halogens is 1. The number of Topliss-reactive ketones (excluding diaryl/α,β-unsaturated/α-hetero) is 1. The van der Waals surface area contributed by atoms with Gasteiger partial charge in [-0.15, -0.1) is 0 Å². The van der Waals surface area contributed by atoms with Crippen molar-refractivity contribution in [2.75, 3.05) is 0 Å². The van der Waals surface area contributed by atoms with Crippen LogP contribution >= 0.6 is 11.6 Å². The third-order valence-electron chi connectivity index (χ3n) is 1.82. The minimum atomic E-state index is -1.04. The Morgan fingerprint density at radius 2 is 2.31 bits per heavy atom. The number of ketones is 1. The van der Waals surface area contributed by atoms with Crippen molar-refractivity contribution < 1.29 is 9.90 Å². The summed E-state index contributed by atoms with van der Waals surface area (Å²) in [4.78, 5) is 11.1. The predicted octanol–water partition coefficient (Wildman–Crippen LogP) is 2.35. The maximum atomic E-state index is 11.1. The van der Waals surface area contributed by atoms with Gasteiger partial charge in [-0.2, -0.15) is 0 Å². The number of aliphatic hydroxyl groups is 1. The van der Waals surface area contributed by atoms with Crippen LogP contribution in [0.2, 0.25) is 5.02 Å². The molecule has 3 heteroatoms. The SMILES string of the molecule is CCC(=O)C(O)c1cccc(Cl)c1. The molecule has 0 aliphatic heterocycles. The molecule has 1 aromatic carbocycles. The maximum absolute atomic E-state index is 11.1. The zero-order chi connectivity index (χ0) is 9.84. The van der Waals surface area contributed by atoms with Crippen LogP contribution in [0.1, 0.15) is 25.0 Å². The van der Waals surface area contributed by atoms with E-state index in [4.69, 9.17) is 11.6 Å². The van der Waals surface area contributed by atoms with Gasteiger partial charge in [0.15, 0.2) is 5.78 Å². The van der Waals surface area contributed by atoms with E-state index in [1.54, 1.807) is 31.2 Å². The van der Waals surface area contributed by atoms with E-state index in [1.807, 2.05) is 0 Å². The molecule has 0 amide bonds. The standard InChI is InChI=1S/C10H11ClO2/c1-2-9(12)10(13)7-4-3-5-8(11)6-7/h3-6,10,13H,2H2,1H3. The summed E-state index contributed by atoms with van der Waals surface area (Å²) in [6.07, 6.45) is -0.711. The lowest BCUT2D eigenvalue weighted by Crippen LogP contribution is -2.10. The molecule has 0 saturated heterocycles. The van der Waals surface area contributed by atoms with Gasteiger partial charge in [-0.3, -0.25) is 4.79 Å². The van der Waals surface area contributed by atoms with Crippen LogP contribution in [-0.4, -0.2) is 10.9 Å². The van der Waals surface area contributed by atoms with Crippen molar-refractivity contribution in [3.8, 4) is 0 Å². The monoisotopic (exact) mass is 198 g/mol. The molecule has 1 unspecified atom stereocenters. The summed E-state index contributed by atoms with van der Waals surface area (Å²) in [6, 6.07) is 6.70. The molecular weight excluding hydrogens is 188 g/mol. The molecule has 70 valence electrons. The Balaban J connectivity index is 2.88. The lowest BCUT2D eigenvalue weighted by atomic mass is 10.0. The summed E-state index contributed by atoms with van der Waals surface area (Å²) >= 11 is 5.71. The highest BCUT2D eigenvalue weighted by molar-refractivity contribution is 6.30. The summed E-state index contributed by atoms with van der Waals surface area (Å²) < 4.78 is 0. The molecule has 1 rings (SSSR count). The molecule has 0 spiro atoms. The summed E-state index contributed by atoms with van der Waals surface area (Å²) in [6.45, 7) is 1.72. The van der Waals surface area contributed by atoms with Crippen LogP contribution in [0.25, 0.3) is 0 Å². The third-order valence-corrected chi connectivity index (χ3v) is 2.05. The topological polar surface area (TPSA) is 37.3 Å². The molecule has 0 aliphatic rings.